The monoisotopic (exact) mass is 342 g/mol. The average molecular weight is 342 g/mol. The summed E-state index contributed by atoms with van der Waals surface area (Å²) in [5.74, 6) is 0.934. The van der Waals surface area contributed by atoms with Crippen molar-refractivity contribution in [2.45, 2.75) is 17.2 Å². The Morgan fingerprint density at radius 3 is 2.54 bits per heavy atom. The molecule has 1 fully saturated rings. The minimum absolute atomic E-state index is 0.0860. The van der Waals surface area contributed by atoms with E-state index in [4.69, 9.17) is 10.00 Å². The molecule has 0 aliphatic carbocycles. The molecule has 124 valence electrons. The zero-order chi connectivity index (χ0) is 17.2. The maximum atomic E-state index is 12.8. The number of nitrogens with zero attached hydrogens (tertiary/aromatic N) is 2. The molecular formula is C18H18N2O3S. The van der Waals surface area contributed by atoms with Crippen molar-refractivity contribution in [3.05, 3.63) is 59.7 Å². The van der Waals surface area contributed by atoms with Gasteiger partial charge in [0.1, 0.15) is 11.8 Å². The Kier molecular flexibility index (Phi) is 4.56. The third-order valence-corrected chi connectivity index (χ3v) is 6.29. The standard InChI is InChI=1S/C18H18N2O3S/c1-23-17-8-6-14(7-9-17)16-10-11-20(13-16)24(21,22)18-5-3-2-4-15(18)12-19/h2-9,16H,10-11,13H2,1H3/t16-/m0/s1. The number of methoxy groups -OCH3 is 1. The highest BCUT2D eigenvalue weighted by atomic mass is 32.2. The van der Waals surface area contributed by atoms with Crippen LogP contribution in [-0.4, -0.2) is 32.9 Å². The third-order valence-electron chi connectivity index (χ3n) is 4.36. The van der Waals surface area contributed by atoms with Crippen molar-refractivity contribution in [2.24, 2.45) is 0 Å². The number of rotatable bonds is 4. The number of benzene rings is 2. The molecule has 1 atom stereocenters. The molecular weight excluding hydrogens is 324 g/mol. The first-order chi connectivity index (χ1) is 11.6. The van der Waals surface area contributed by atoms with Crippen molar-refractivity contribution < 1.29 is 13.2 Å². The van der Waals surface area contributed by atoms with E-state index in [1.165, 1.54) is 16.4 Å². The lowest BCUT2D eigenvalue weighted by Gasteiger charge is -2.17. The second kappa shape index (κ2) is 6.63. The number of hydrogen-bond acceptors (Lipinski definition) is 4. The molecule has 0 amide bonds. The summed E-state index contributed by atoms with van der Waals surface area (Å²) in [5.41, 5.74) is 1.28. The highest BCUT2D eigenvalue weighted by Gasteiger charge is 2.34. The molecule has 2 aromatic carbocycles. The Hall–Kier alpha value is -2.36. The van der Waals surface area contributed by atoms with Gasteiger partial charge in [0.25, 0.3) is 0 Å². The van der Waals surface area contributed by atoms with Gasteiger partial charge in [0.2, 0.25) is 10.0 Å². The average Bonchev–Trinajstić information content (AvgIpc) is 3.12. The van der Waals surface area contributed by atoms with Crippen molar-refractivity contribution in [3.63, 3.8) is 0 Å². The van der Waals surface area contributed by atoms with Crippen molar-refractivity contribution in [1.29, 1.82) is 5.26 Å². The molecule has 2 aromatic rings. The van der Waals surface area contributed by atoms with Crippen LogP contribution in [0.25, 0.3) is 0 Å². The zero-order valence-electron chi connectivity index (χ0n) is 13.3. The Bertz CT molecular complexity index is 870. The lowest BCUT2D eigenvalue weighted by molar-refractivity contribution is 0.414. The summed E-state index contributed by atoms with van der Waals surface area (Å²) < 4.78 is 32.3. The van der Waals surface area contributed by atoms with Crippen LogP contribution in [0.15, 0.2) is 53.4 Å². The maximum Gasteiger partial charge on any atom is 0.244 e. The van der Waals surface area contributed by atoms with Crippen LogP contribution in [0.2, 0.25) is 0 Å². The van der Waals surface area contributed by atoms with Crippen LogP contribution >= 0.6 is 0 Å². The maximum absolute atomic E-state index is 12.8. The molecule has 0 aromatic heterocycles. The smallest absolute Gasteiger partial charge is 0.244 e. The van der Waals surface area contributed by atoms with Crippen LogP contribution in [0.5, 0.6) is 5.75 Å². The molecule has 3 rings (SSSR count). The summed E-state index contributed by atoms with van der Waals surface area (Å²) in [4.78, 5) is 0.0860. The predicted molar refractivity (Wildman–Crippen MR) is 90.3 cm³/mol. The highest BCUT2D eigenvalue weighted by Crippen LogP contribution is 2.32. The summed E-state index contributed by atoms with van der Waals surface area (Å²) in [7, 11) is -2.03. The first kappa shape index (κ1) is 16.5. The van der Waals surface area contributed by atoms with Gasteiger partial charge in [-0.2, -0.15) is 9.57 Å². The normalized spacial score (nSPS) is 18.2. The molecule has 0 bridgehead atoms. The van der Waals surface area contributed by atoms with Crippen LogP contribution in [0, 0.1) is 11.3 Å². The van der Waals surface area contributed by atoms with E-state index in [9.17, 15) is 8.42 Å². The van der Waals surface area contributed by atoms with Crippen molar-refractivity contribution in [3.8, 4) is 11.8 Å². The first-order valence-electron chi connectivity index (χ1n) is 7.69. The summed E-state index contributed by atoms with van der Waals surface area (Å²) in [6, 6.07) is 16.0. The molecule has 1 heterocycles. The van der Waals surface area contributed by atoms with Gasteiger partial charge in [0, 0.05) is 13.1 Å². The van der Waals surface area contributed by atoms with Gasteiger partial charge in [-0.3, -0.25) is 0 Å². The summed E-state index contributed by atoms with van der Waals surface area (Å²) in [5, 5.41) is 9.16. The van der Waals surface area contributed by atoms with Gasteiger partial charge in [-0.25, -0.2) is 8.42 Å². The largest absolute Gasteiger partial charge is 0.497 e. The molecule has 0 saturated carbocycles. The molecule has 0 N–H and O–H groups in total. The van der Waals surface area contributed by atoms with E-state index in [0.29, 0.717) is 13.1 Å². The third kappa shape index (κ3) is 3.01. The Balaban J connectivity index is 1.83. The van der Waals surface area contributed by atoms with E-state index in [0.717, 1.165) is 17.7 Å². The highest BCUT2D eigenvalue weighted by molar-refractivity contribution is 7.89. The fourth-order valence-electron chi connectivity index (χ4n) is 3.02. The van der Waals surface area contributed by atoms with E-state index in [-0.39, 0.29) is 16.4 Å². The molecule has 6 heteroatoms. The fourth-order valence-corrected chi connectivity index (χ4v) is 4.66. The lowest BCUT2D eigenvalue weighted by Crippen LogP contribution is -2.29. The van der Waals surface area contributed by atoms with Crippen LogP contribution in [0.1, 0.15) is 23.5 Å². The second-order valence-corrected chi connectivity index (χ2v) is 7.64. The first-order valence-corrected chi connectivity index (χ1v) is 9.13. The molecule has 0 spiro atoms. The van der Waals surface area contributed by atoms with Crippen molar-refractivity contribution in [2.75, 3.05) is 20.2 Å². The van der Waals surface area contributed by atoms with Crippen molar-refractivity contribution >= 4 is 10.0 Å². The number of hydrogen-bond donors (Lipinski definition) is 0. The van der Waals surface area contributed by atoms with Gasteiger partial charge < -0.3 is 4.74 Å². The van der Waals surface area contributed by atoms with Crippen molar-refractivity contribution in [1.82, 2.24) is 4.31 Å². The van der Waals surface area contributed by atoms with Gasteiger partial charge in [0.05, 0.1) is 17.6 Å². The summed E-state index contributed by atoms with van der Waals surface area (Å²) in [6.45, 7) is 0.882. The minimum Gasteiger partial charge on any atom is -0.497 e. The summed E-state index contributed by atoms with van der Waals surface area (Å²) >= 11 is 0. The molecule has 0 unspecified atom stereocenters. The molecule has 1 aliphatic heterocycles. The van der Waals surface area contributed by atoms with Crippen LogP contribution in [-0.2, 0) is 10.0 Å². The second-order valence-electron chi connectivity index (χ2n) is 5.73. The van der Waals surface area contributed by atoms with Gasteiger partial charge in [-0.1, -0.05) is 24.3 Å². The zero-order valence-corrected chi connectivity index (χ0v) is 14.2. The van der Waals surface area contributed by atoms with Crippen LogP contribution in [0.4, 0.5) is 0 Å². The number of ether oxygens (including phenoxy) is 1. The molecule has 1 aliphatic rings. The number of nitriles is 1. The molecule has 1 saturated heterocycles. The predicted octanol–water partition coefficient (Wildman–Crippen LogP) is 2.75. The van der Waals surface area contributed by atoms with Gasteiger partial charge in [-0.15, -0.1) is 0 Å². The van der Waals surface area contributed by atoms with Crippen LogP contribution < -0.4 is 4.74 Å². The van der Waals surface area contributed by atoms with E-state index in [1.807, 2.05) is 30.3 Å². The van der Waals surface area contributed by atoms with E-state index in [2.05, 4.69) is 0 Å². The van der Waals surface area contributed by atoms with Gasteiger partial charge in [-0.05, 0) is 42.2 Å². The topological polar surface area (TPSA) is 70.4 Å². The van der Waals surface area contributed by atoms with E-state index in [1.54, 1.807) is 19.2 Å². The number of sulfonamides is 1. The lowest BCUT2D eigenvalue weighted by atomic mass is 9.99. The van der Waals surface area contributed by atoms with E-state index >= 15 is 0 Å². The fraction of sp³-hybridized carbons (Fsp3) is 0.278. The Morgan fingerprint density at radius 2 is 1.88 bits per heavy atom. The van der Waals surface area contributed by atoms with Gasteiger partial charge in [0.15, 0.2) is 0 Å². The molecule has 24 heavy (non-hydrogen) atoms. The molecule has 5 nitrogen and oxygen atoms in total. The molecule has 0 radical (unpaired) electrons. The Morgan fingerprint density at radius 1 is 1.17 bits per heavy atom. The van der Waals surface area contributed by atoms with Gasteiger partial charge >= 0.3 is 0 Å². The van der Waals surface area contributed by atoms with Crippen LogP contribution in [0.3, 0.4) is 0 Å². The minimum atomic E-state index is -3.65. The Labute approximate surface area is 142 Å². The SMILES string of the molecule is COc1ccc([C@H]2CCN(S(=O)(=O)c3ccccc3C#N)C2)cc1. The quantitative estimate of drug-likeness (QED) is 0.856. The summed E-state index contributed by atoms with van der Waals surface area (Å²) in [6.07, 6.45) is 0.764. The van der Waals surface area contributed by atoms with E-state index < -0.39 is 10.0 Å².